The molecule has 3 nitrogen and oxygen atoms in total. The smallest absolute Gasteiger partial charge is 0.131 e. The van der Waals surface area contributed by atoms with E-state index in [0.29, 0.717) is 0 Å². The first-order valence-corrected chi connectivity index (χ1v) is 5.54. The fraction of sp³-hybridized carbons (Fsp3) is 0.231. The van der Waals surface area contributed by atoms with Gasteiger partial charge in [0.1, 0.15) is 17.5 Å². The van der Waals surface area contributed by atoms with Crippen molar-refractivity contribution in [2.75, 3.05) is 12.4 Å². The minimum atomic E-state index is -0.259. The lowest BCUT2D eigenvalue weighted by molar-refractivity contribution is 0.628. The van der Waals surface area contributed by atoms with Gasteiger partial charge in [0.05, 0.1) is 5.69 Å². The number of hydrogen-bond acceptors (Lipinski definition) is 3. The van der Waals surface area contributed by atoms with Gasteiger partial charge in [-0.25, -0.2) is 14.4 Å². The van der Waals surface area contributed by atoms with Gasteiger partial charge in [0.15, 0.2) is 0 Å². The van der Waals surface area contributed by atoms with Crippen molar-refractivity contribution < 1.29 is 4.39 Å². The van der Waals surface area contributed by atoms with Gasteiger partial charge < -0.3 is 5.32 Å². The molecule has 1 aromatic heterocycles. The normalized spacial score (nSPS) is 10.3. The number of aromatic nitrogens is 2. The summed E-state index contributed by atoms with van der Waals surface area (Å²) in [6.45, 7) is 1.99. The Kier molecular flexibility index (Phi) is 3.32. The molecule has 0 aliphatic heterocycles. The van der Waals surface area contributed by atoms with E-state index in [0.717, 1.165) is 29.3 Å². The highest BCUT2D eigenvalue weighted by Crippen LogP contribution is 2.20. The van der Waals surface area contributed by atoms with E-state index in [1.165, 1.54) is 12.1 Å². The third-order valence-corrected chi connectivity index (χ3v) is 2.47. The molecule has 0 saturated heterocycles. The lowest BCUT2D eigenvalue weighted by Crippen LogP contribution is -2.00. The van der Waals surface area contributed by atoms with Crippen LogP contribution in [0.1, 0.15) is 12.7 Å². The number of nitrogens with zero attached hydrogens (tertiary/aromatic N) is 2. The lowest BCUT2D eigenvalue weighted by atomic mass is 10.1. The summed E-state index contributed by atoms with van der Waals surface area (Å²) in [6, 6.07) is 8.22. The van der Waals surface area contributed by atoms with Gasteiger partial charge in [-0.2, -0.15) is 0 Å². The molecule has 4 heteroatoms. The van der Waals surface area contributed by atoms with E-state index in [9.17, 15) is 4.39 Å². The van der Waals surface area contributed by atoms with Gasteiger partial charge in [-0.3, -0.25) is 0 Å². The van der Waals surface area contributed by atoms with Crippen molar-refractivity contribution in [2.24, 2.45) is 0 Å². The molecule has 0 atom stereocenters. The zero-order valence-electron chi connectivity index (χ0n) is 9.87. The van der Waals surface area contributed by atoms with E-state index in [4.69, 9.17) is 0 Å². The summed E-state index contributed by atoms with van der Waals surface area (Å²) in [4.78, 5) is 8.70. The van der Waals surface area contributed by atoms with E-state index < -0.39 is 0 Å². The third kappa shape index (κ3) is 2.58. The molecule has 0 bridgehead atoms. The first-order chi connectivity index (χ1) is 8.22. The maximum absolute atomic E-state index is 13.2. The number of halogens is 1. The van der Waals surface area contributed by atoms with Crippen molar-refractivity contribution in [3.8, 4) is 11.3 Å². The van der Waals surface area contributed by atoms with Crippen molar-refractivity contribution in [3.05, 3.63) is 42.0 Å². The van der Waals surface area contributed by atoms with Crippen molar-refractivity contribution in [1.82, 2.24) is 9.97 Å². The van der Waals surface area contributed by atoms with E-state index in [1.54, 1.807) is 13.1 Å². The molecule has 2 aromatic rings. The van der Waals surface area contributed by atoms with Crippen molar-refractivity contribution >= 4 is 5.82 Å². The molecule has 0 aliphatic rings. The van der Waals surface area contributed by atoms with Crippen LogP contribution >= 0.6 is 0 Å². The van der Waals surface area contributed by atoms with Crippen LogP contribution < -0.4 is 5.32 Å². The first-order valence-electron chi connectivity index (χ1n) is 5.54. The third-order valence-electron chi connectivity index (χ3n) is 2.47. The van der Waals surface area contributed by atoms with Crippen LogP contribution in [-0.4, -0.2) is 17.0 Å². The topological polar surface area (TPSA) is 37.8 Å². The van der Waals surface area contributed by atoms with E-state index in [1.807, 2.05) is 19.1 Å². The van der Waals surface area contributed by atoms with Crippen molar-refractivity contribution in [1.29, 1.82) is 0 Å². The molecule has 1 aromatic carbocycles. The van der Waals surface area contributed by atoms with Gasteiger partial charge in [-0.15, -0.1) is 0 Å². The highest BCUT2D eigenvalue weighted by molar-refractivity contribution is 5.62. The quantitative estimate of drug-likeness (QED) is 0.882. The van der Waals surface area contributed by atoms with Crippen molar-refractivity contribution in [2.45, 2.75) is 13.3 Å². The molecule has 1 N–H and O–H groups in total. The van der Waals surface area contributed by atoms with E-state index in [2.05, 4.69) is 15.3 Å². The van der Waals surface area contributed by atoms with Gasteiger partial charge in [-0.05, 0) is 12.1 Å². The molecule has 0 fully saturated rings. The molecule has 0 saturated carbocycles. The molecule has 0 spiro atoms. The Morgan fingerprint density at radius 1 is 1.24 bits per heavy atom. The highest BCUT2D eigenvalue weighted by atomic mass is 19.1. The number of rotatable bonds is 3. The molecular weight excluding hydrogens is 217 g/mol. The average Bonchev–Trinajstić information content (AvgIpc) is 2.38. The summed E-state index contributed by atoms with van der Waals surface area (Å²) in [5.41, 5.74) is 1.50. The summed E-state index contributed by atoms with van der Waals surface area (Å²) in [5, 5.41) is 2.98. The van der Waals surface area contributed by atoms with Gasteiger partial charge in [0.25, 0.3) is 0 Å². The van der Waals surface area contributed by atoms with Gasteiger partial charge in [0, 0.05) is 25.1 Å². The van der Waals surface area contributed by atoms with E-state index in [-0.39, 0.29) is 5.82 Å². The number of anilines is 1. The number of hydrogen-bond donors (Lipinski definition) is 1. The Labute approximate surface area is 99.7 Å². The van der Waals surface area contributed by atoms with Crippen LogP contribution in [-0.2, 0) is 6.42 Å². The Hall–Kier alpha value is -1.97. The Balaban J connectivity index is 2.50. The maximum atomic E-state index is 13.2. The van der Waals surface area contributed by atoms with Crippen LogP contribution in [0.2, 0.25) is 0 Å². The molecule has 0 unspecified atom stereocenters. The van der Waals surface area contributed by atoms with Crippen molar-refractivity contribution in [3.63, 3.8) is 0 Å². The maximum Gasteiger partial charge on any atom is 0.131 e. The summed E-state index contributed by atoms with van der Waals surface area (Å²) < 4.78 is 13.2. The van der Waals surface area contributed by atoms with Crippen LogP contribution in [0.5, 0.6) is 0 Å². The number of aryl methyl sites for hydroxylation is 1. The SMILES string of the molecule is CCc1nc(NC)cc(-c2cccc(F)c2)n1. The number of benzene rings is 1. The monoisotopic (exact) mass is 231 g/mol. The minimum Gasteiger partial charge on any atom is -0.373 e. The second kappa shape index (κ2) is 4.91. The Morgan fingerprint density at radius 2 is 2.06 bits per heavy atom. The Morgan fingerprint density at radius 3 is 2.71 bits per heavy atom. The van der Waals surface area contributed by atoms with Gasteiger partial charge in [-0.1, -0.05) is 19.1 Å². The largest absolute Gasteiger partial charge is 0.373 e. The molecule has 0 amide bonds. The summed E-state index contributed by atoms with van der Waals surface area (Å²) in [6.07, 6.45) is 0.748. The predicted molar refractivity (Wildman–Crippen MR) is 66.4 cm³/mol. The summed E-state index contributed by atoms with van der Waals surface area (Å²) in [5.74, 6) is 1.23. The fourth-order valence-corrected chi connectivity index (χ4v) is 1.58. The zero-order chi connectivity index (χ0) is 12.3. The predicted octanol–water partition coefficient (Wildman–Crippen LogP) is 2.89. The fourth-order valence-electron chi connectivity index (χ4n) is 1.58. The van der Waals surface area contributed by atoms with Gasteiger partial charge >= 0.3 is 0 Å². The van der Waals surface area contributed by atoms with Gasteiger partial charge in [0.2, 0.25) is 0 Å². The molecular formula is C13H14FN3. The second-order valence-corrected chi connectivity index (χ2v) is 3.67. The van der Waals surface area contributed by atoms with Crippen LogP contribution in [0.25, 0.3) is 11.3 Å². The molecule has 2 rings (SSSR count). The standard InChI is InChI=1S/C13H14FN3/c1-3-12-16-11(8-13(15-2)17-12)9-5-4-6-10(14)7-9/h4-8H,3H2,1-2H3,(H,15,16,17). The molecule has 88 valence electrons. The van der Waals surface area contributed by atoms with Crippen LogP contribution in [0.3, 0.4) is 0 Å². The van der Waals surface area contributed by atoms with E-state index >= 15 is 0 Å². The van der Waals surface area contributed by atoms with Crippen LogP contribution in [0.4, 0.5) is 10.2 Å². The second-order valence-electron chi connectivity index (χ2n) is 3.67. The zero-order valence-corrected chi connectivity index (χ0v) is 9.87. The Bertz CT molecular complexity index is 504. The summed E-state index contributed by atoms with van der Waals surface area (Å²) in [7, 11) is 1.80. The molecule has 0 aliphatic carbocycles. The first kappa shape index (κ1) is 11.5. The van der Waals surface area contributed by atoms with Crippen LogP contribution in [0.15, 0.2) is 30.3 Å². The molecule has 1 heterocycles. The highest BCUT2D eigenvalue weighted by Gasteiger charge is 2.05. The average molecular weight is 231 g/mol. The lowest BCUT2D eigenvalue weighted by Gasteiger charge is -2.06. The minimum absolute atomic E-state index is 0.259. The van der Waals surface area contributed by atoms with Crippen LogP contribution in [0, 0.1) is 5.82 Å². The number of nitrogens with one attached hydrogen (secondary N) is 1. The molecule has 17 heavy (non-hydrogen) atoms. The summed E-state index contributed by atoms with van der Waals surface area (Å²) >= 11 is 0. The molecule has 0 radical (unpaired) electrons.